The molecule has 0 aliphatic carbocycles. The van der Waals surface area contributed by atoms with Crippen LogP contribution >= 0.6 is 0 Å². The maximum atomic E-state index is 14.6. The highest BCUT2D eigenvalue weighted by molar-refractivity contribution is 5.99. The van der Waals surface area contributed by atoms with Crippen LogP contribution in [0.2, 0.25) is 0 Å². The number of benzene rings is 2. The summed E-state index contributed by atoms with van der Waals surface area (Å²) in [5.41, 5.74) is 0.219. The van der Waals surface area contributed by atoms with Gasteiger partial charge in [0, 0.05) is 36.9 Å². The largest absolute Gasteiger partial charge is 0.481 e. The van der Waals surface area contributed by atoms with Crippen molar-refractivity contribution in [2.24, 2.45) is 11.8 Å². The first-order chi connectivity index (χ1) is 18.4. The minimum absolute atomic E-state index is 0.0744. The van der Waals surface area contributed by atoms with Crippen molar-refractivity contribution in [3.63, 3.8) is 0 Å². The van der Waals surface area contributed by atoms with Gasteiger partial charge in [0.05, 0.1) is 12.5 Å². The van der Waals surface area contributed by atoms with Crippen LogP contribution in [0, 0.1) is 24.6 Å². The molecule has 1 unspecified atom stereocenters. The lowest BCUT2D eigenvalue weighted by atomic mass is 9.70. The van der Waals surface area contributed by atoms with Crippen LogP contribution < -0.4 is 4.74 Å². The minimum atomic E-state index is -1.18. The van der Waals surface area contributed by atoms with Gasteiger partial charge in [-0.15, -0.1) is 0 Å². The number of likely N-dealkylation sites (tertiary alicyclic amines) is 1. The number of amides is 1. The Labute approximate surface area is 228 Å². The Kier molecular flexibility index (Phi) is 8.59. The molecule has 2 fully saturated rings. The van der Waals surface area contributed by atoms with Crippen LogP contribution in [0.5, 0.6) is 5.75 Å². The summed E-state index contributed by atoms with van der Waals surface area (Å²) in [5, 5.41) is 10.2. The predicted molar refractivity (Wildman–Crippen MR) is 141 cm³/mol. The average Bonchev–Trinajstić information content (AvgIpc) is 2.89. The van der Waals surface area contributed by atoms with Gasteiger partial charge in [-0.05, 0) is 69.9 Å². The summed E-state index contributed by atoms with van der Waals surface area (Å²) in [7, 11) is 0. The Morgan fingerprint density at radius 2 is 1.77 bits per heavy atom. The van der Waals surface area contributed by atoms with Gasteiger partial charge in [-0.2, -0.15) is 0 Å². The molecule has 8 nitrogen and oxygen atoms in total. The molecule has 1 N–H and O–H groups in total. The molecule has 4 atom stereocenters. The second-order valence-electron chi connectivity index (χ2n) is 11.2. The van der Waals surface area contributed by atoms with E-state index in [4.69, 9.17) is 14.2 Å². The summed E-state index contributed by atoms with van der Waals surface area (Å²) in [6.45, 7) is 7.08. The van der Waals surface area contributed by atoms with E-state index in [0.29, 0.717) is 23.5 Å². The second kappa shape index (κ2) is 11.7. The molecule has 0 saturated carbocycles. The molecule has 0 bridgehead atoms. The smallest absolute Gasteiger partial charge is 0.410 e. The number of hydrogen-bond acceptors (Lipinski definition) is 6. The number of ether oxygens (including phenoxy) is 3. The molecule has 1 amide bonds. The van der Waals surface area contributed by atoms with Crippen molar-refractivity contribution in [1.82, 2.24) is 4.90 Å². The summed E-state index contributed by atoms with van der Waals surface area (Å²) >= 11 is 0. The van der Waals surface area contributed by atoms with Crippen LogP contribution in [-0.2, 0) is 14.3 Å². The van der Waals surface area contributed by atoms with Crippen molar-refractivity contribution < 1.29 is 38.1 Å². The molecule has 0 aromatic heterocycles. The molecule has 2 aromatic carbocycles. The first kappa shape index (κ1) is 28.5. The van der Waals surface area contributed by atoms with Crippen LogP contribution in [0.25, 0.3) is 0 Å². The SMILES string of the molecule is Cc1c(F)cccc1[C@@H]1[C@@H](C(=O)O)CN(C(=O)OC(C)(C)C)C[C@@H]1C(=O)c1cccc(OC2CCCCO2)c1. The molecule has 2 saturated heterocycles. The molecular formula is C30H36FNO7. The van der Waals surface area contributed by atoms with Gasteiger partial charge in [-0.3, -0.25) is 9.59 Å². The molecule has 0 radical (unpaired) electrons. The third-order valence-electron chi connectivity index (χ3n) is 7.20. The Hall–Kier alpha value is -3.46. The molecule has 39 heavy (non-hydrogen) atoms. The number of Topliss-reactive ketones (excluding diaryl/α,β-unsaturated/α-hetero) is 1. The monoisotopic (exact) mass is 541 g/mol. The molecule has 4 rings (SSSR count). The van der Waals surface area contributed by atoms with Crippen molar-refractivity contribution >= 4 is 17.8 Å². The zero-order valence-corrected chi connectivity index (χ0v) is 22.8. The number of rotatable bonds is 6. The molecule has 2 aliphatic heterocycles. The third-order valence-corrected chi connectivity index (χ3v) is 7.20. The Morgan fingerprint density at radius 1 is 1.05 bits per heavy atom. The molecule has 0 spiro atoms. The number of halogens is 1. The van der Waals surface area contributed by atoms with Crippen molar-refractivity contribution in [3.05, 3.63) is 65.0 Å². The number of aliphatic carboxylic acids is 1. The molecule has 2 aliphatic rings. The maximum absolute atomic E-state index is 14.6. The highest BCUT2D eigenvalue weighted by Crippen LogP contribution is 2.41. The van der Waals surface area contributed by atoms with Crippen LogP contribution in [0.3, 0.4) is 0 Å². The lowest BCUT2D eigenvalue weighted by molar-refractivity contribution is -0.144. The van der Waals surface area contributed by atoms with Crippen molar-refractivity contribution in [3.8, 4) is 5.75 Å². The van der Waals surface area contributed by atoms with Gasteiger partial charge in [0.25, 0.3) is 0 Å². The summed E-state index contributed by atoms with van der Waals surface area (Å²) in [5.74, 6) is -4.55. The number of carbonyl (C=O) groups excluding carboxylic acids is 2. The standard InChI is InChI=1S/C30H36FNO7/c1-18-21(11-8-12-24(18)31)26-22(16-32(17-23(26)28(34)35)29(36)39-30(2,3)4)27(33)19-9-7-10-20(15-19)38-25-13-5-6-14-37-25/h7-12,15,22-23,25-26H,5-6,13-14,16-17H2,1-4H3,(H,34,35)/t22-,23-,25?,26-/m0/s1. The summed E-state index contributed by atoms with van der Waals surface area (Å²) in [6, 6.07) is 11.1. The van der Waals surface area contributed by atoms with Crippen LogP contribution in [0.15, 0.2) is 42.5 Å². The normalized spacial score (nSPS) is 23.7. The third kappa shape index (κ3) is 6.76. The number of carboxylic acid groups (broad SMARTS) is 1. The van der Waals surface area contributed by atoms with E-state index in [2.05, 4.69) is 0 Å². The van der Waals surface area contributed by atoms with E-state index in [1.165, 1.54) is 17.0 Å². The van der Waals surface area contributed by atoms with Gasteiger partial charge in [-0.1, -0.05) is 24.3 Å². The zero-order chi connectivity index (χ0) is 28.3. The fourth-order valence-corrected chi connectivity index (χ4v) is 5.32. The quantitative estimate of drug-likeness (QED) is 0.477. The summed E-state index contributed by atoms with van der Waals surface area (Å²) < 4.78 is 31.8. The summed E-state index contributed by atoms with van der Waals surface area (Å²) in [4.78, 5) is 40.9. The first-order valence-corrected chi connectivity index (χ1v) is 13.3. The zero-order valence-electron chi connectivity index (χ0n) is 22.8. The fourth-order valence-electron chi connectivity index (χ4n) is 5.32. The van der Waals surface area contributed by atoms with E-state index >= 15 is 0 Å². The van der Waals surface area contributed by atoms with E-state index in [0.717, 1.165) is 19.3 Å². The van der Waals surface area contributed by atoms with Gasteiger partial charge in [0.2, 0.25) is 0 Å². The first-order valence-electron chi connectivity index (χ1n) is 13.3. The highest BCUT2D eigenvalue weighted by Gasteiger charge is 2.47. The molecular weight excluding hydrogens is 505 g/mol. The molecule has 2 aromatic rings. The van der Waals surface area contributed by atoms with E-state index in [-0.39, 0.29) is 24.4 Å². The predicted octanol–water partition coefficient (Wildman–Crippen LogP) is 5.57. The number of nitrogens with zero attached hydrogens (tertiary/aromatic N) is 1. The van der Waals surface area contributed by atoms with Crippen LogP contribution in [-0.4, -0.2) is 59.4 Å². The van der Waals surface area contributed by atoms with E-state index in [1.807, 2.05) is 0 Å². The van der Waals surface area contributed by atoms with E-state index in [1.54, 1.807) is 58.0 Å². The van der Waals surface area contributed by atoms with Gasteiger partial charge in [-0.25, -0.2) is 9.18 Å². The maximum Gasteiger partial charge on any atom is 0.410 e. The summed E-state index contributed by atoms with van der Waals surface area (Å²) in [6.07, 6.45) is 1.59. The number of carboxylic acids is 1. The number of ketones is 1. The Bertz CT molecular complexity index is 1220. The van der Waals surface area contributed by atoms with Crippen molar-refractivity contribution in [1.29, 1.82) is 0 Å². The Balaban J connectivity index is 1.72. The topological polar surface area (TPSA) is 102 Å². The number of carbonyl (C=O) groups is 3. The lowest BCUT2D eigenvalue weighted by Gasteiger charge is -2.42. The van der Waals surface area contributed by atoms with Crippen LogP contribution in [0.1, 0.15) is 67.4 Å². The van der Waals surface area contributed by atoms with Gasteiger partial charge >= 0.3 is 12.1 Å². The van der Waals surface area contributed by atoms with Gasteiger partial charge in [0.15, 0.2) is 12.1 Å². The van der Waals surface area contributed by atoms with E-state index in [9.17, 15) is 23.9 Å². The molecule has 2 heterocycles. The van der Waals surface area contributed by atoms with E-state index < -0.39 is 47.5 Å². The van der Waals surface area contributed by atoms with Gasteiger partial charge in [0.1, 0.15) is 17.2 Å². The number of hydrogen-bond donors (Lipinski definition) is 1. The van der Waals surface area contributed by atoms with Crippen molar-refractivity contribution in [2.45, 2.75) is 64.8 Å². The second-order valence-corrected chi connectivity index (χ2v) is 11.2. The van der Waals surface area contributed by atoms with Gasteiger partial charge < -0.3 is 24.2 Å². The molecule has 9 heteroatoms. The molecule has 210 valence electrons. The minimum Gasteiger partial charge on any atom is -0.481 e. The Morgan fingerprint density at radius 3 is 2.44 bits per heavy atom. The average molecular weight is 542 g/mol. The fraction of sp³-hybridized carbons (Fsp3) is 0.500. The number of piperidine rings is 1. The lowest BCUT2D eigenvalue weighted by Crippen LogP contribution is -2.53. The highest BCUT2D eigenvalue weighted by atomic mass is 19.1. The van der Waals surface area contributed by atoms with Crippen molar-refractivity contribution in [2.75, 3.05) is 19.7 Å². The van der Waals surface area contributed by atoms with Crippen LogP contribution in [0.4, 0.5) is 9.18 Å².